The first-order valence-electron chi connectivity index (χ1n) is 6.37. The second kappa shape index (κ2) is 6.78. The van der Waals surface area contributed by atoms with Crippen molar-refractivity contribution in [2.45, 2.75) is 13.5 Å². The average Bonchev–Trinajstić information content (AvgIpc) is 2.47. The van der Waals surface area contributed by atoms with Crippen molar-refractivity contribution in [2.24, 2.45) is 5.73 Å². The van der Waals surface area contributed by atoms with Gasteiger partial charge in [0.15, 0.2) is 0 Å². The number of ether oxygens (including phenoxy) is 2. The molecule has 0 spiro atoms. The molecule has 21 heavy (non-hydrogen) atoms. The van der Waals surface area contributed by atoms with Gasteiger partial charge < -0.3 is 15.2 Å². The van der Waals surface area contributed by atoms with Crippen molar-refractivity contribution in [3.8, 4) is 11.5 Å². The predicted octanol–water partition coefficient (Wildman–Crippen LogP) is 3.87. The summed E-state index contributed by atoms with van der Waals surface area (Å²) in [7, 11) is 1.61. The molecule has 0 fully saturated rings. The molecule has 0 aliphatic carbocycles. The minimum atomic E-state index is 0.322. The molecule has 3 nitrogen and oxygen atoms in total. The maximum Gasteiger partial charge on any atom is 0.138 e. The quantitative estimate of drug-likeness (QED) is 0.849. The molecule has 0 saturated carbocycles. The van der Waals surface area contributed by atoms with E-state index in [1.54, 1.807) is 7.11 Å². The largest absolute Gasteiger partial charge is 0.496 e. The third-order valence-corrected chi connectivity index (χ3v) is 3.58. The van der Waals surface area contributed by atoms with Crippen molar-refractivity contribution in [2.75, 3.05) is 7.11 Å². The molecule has 0 bridgehead atoms. The molecular formula is C16H16ClNO2S. The third kappa shape index (κ3) is 3.86. The van der Waals surface area contributed by atoms with E-state index in [2.05, 4.69) is 0 Å². The van der Waals surface area contributed by atoms with Crippen LogP contribution >= 0.6 is 23.8 Å². The highest BCUT2D eigenvalue weighted by Gasteiger charge is 2.09. The van der Waals surface area contributed by atoms with Crippen LogP contribution in [0, 0.1) is 6.92 Å². The Morgan fingerprint density at radius 3 is 2.62 bits per heavy atom. The summed E-state index contributed by atoms with van der Waals surface area (Å²) in [6, 6.07) is 11.2. The fraction of sp³-hybridized carbons (Fsp3) is 0.188. The predicted molar refractivity (Wildman–Crippen MR) is 89.4 cm³/mol. The van der Waals surface area contributed by atoms with Crippen LogP contribution in [0.3, 0.4) is 0 Å². The zero-order chi connectivity index (χ0) is 15.4. The number of aryl methyl sites for hydroxylation is 1. The van der Waals surface area contributed by atoms with E-state index in [0.717, 1.165) is 22.4 Å². The van der Waals surface area contributed by atoms with E-state index in [1.807, 2.05) is 43.3 Å². The van der Waals surface area contributed by atoms with Crippen LogP contribution in [-0.4, -0.2) is 12.1 Å². The standard InChI is InChI=1S/C16H16ClNO2S/c1-10-3-5-13(17)15(7-10)20-9-12-8-11(16(18)21)4-6-14(12)19-2/h3-8H,9H2,1-2H3,(H2,18,21). The van der Waals surface area contributed by atoms with Crippen LogP contribution in [-0.2, 0) is 6.61 Å². The van der Waals surface area contributed by atoms with Crippen LogP contribution in [0.1, 0.15) is 16.7 Å². The van der Waals surface area contributed by atoms with Crippen LogP contribution < -0.4 is 15.2 Å². The molecule has 5 heteroatoms. The summed E-state index contributed by atoms with van der Waals surface area (Å²) in [6.07, 6.45) is 0. The van der Waals surface area contributed by atoms with Crippen molar-refractivity contribution >= 4 is 28.8 Å². The Kier molecular flexibility index (Phi) is 5.04. The van der Waals surface area contributed by atoms with E-state index >= 15 is 0 Å². The van der Waals surface area contributed by atoms with E-state index in [-0.39, 0.29) is 0 Å². The first-order chi connectivity index (χ1) is 10.0. The molecular weight excluding hydrogens is 306 g/mol. The van der Waals surface area contributed by atoms with Gasteiger partial charge in [0, 0.05) is 11.1 Å². The molecule has 0 atom stereocenters. The highest BCUT2D eigenvalue weighted by molar-refractivity contribution is 7.80. The summed E-state index contributed by atoms with van der Waals surface area (Å²) >= 11 is 11.1. The number of thiocarbonyl (C=S) groups is 1. The normalized spacial score (nSPS) is 10.2. The summed E-state index contributed by atoms with van der Waals surface area (Å²) in [4.78, 5) is 0.340. The monoisotopic (exact) mass is 321 g/mol. The van der Waals surface area contributed by atoms with Crippen LogP contribution in [0.4, 0.5) is 0 Å². The minimum absolute atomic E-state index is 0.322. The van der Waals surface area contributed by atoms with Crippen molar-refractivity contribution < 1.29 is 9.47 Å². The minimum Gasteiger partial charge on any atom is -0.496 e. The number of hydrogen-bond donors (Lipinski definition) is 1. The molecule has 2 aromatic rings. The summed E-state index contributed by atoms with van der Waals surface area (Å²) in [6.45, 7) is 2.31. The van der Waals surface area contributed by atoms with Gasteiger partial charge in [0.2, 0.25) is 0 Å². The van der Waals surface area contributed by atoms with Crippen LogP contribution in [0.25, 0.3) is 0 Å². The number of nitrogens with two attached hydrogens (primary N) is 1. The van der Waals surface area contributed by atoms with Crippen molar-refractivity contribution in [3.05, 3.63) is 58.1 Å². The fourth-order valence-electron chi connectivity index (χ4n) is 1.92. The van der Waals surface area contributed by atoms with Gasteiger partial charge in [-0.25, -0.2) is 0 Å². The lowest BCUT2D eigenvalue weighted by atomic mass is 10.1. The lowest BCUT2D eigenvalue weighted by Crippen LogP contribution is -2.10. The number of hydrogen-bond acceptors (Lipinski definition) is 3. The molecule has 0 unspecified atom stereocenters. The van der Waals surface area contributed by atoms with Crippen LogP contribution in [0.5, 0.6) is 11.5 Å². The molecule has 110 valence electrons. The SMILES string of the molecule is COc1ccc(C(N)=S)cc1COc1cc(C)ccc1Cl. The van der Waals surface area contributed by atoms with E-state index < -0.39 is 0 Å². The van der Waals surface area contributed by atoms with Crippen molar-refractivity contribution in [1.82, 2.24) is 0 Å². The molecule has 0 amide bonds. The van der Waals surface area contributed by atoms with Gasteiger partial charge in [-0.1, -0.05) is 29.9 Å². The lowest BCUT2D eigenvalue weighted by molar-refractivity contribution is 0.296. The van der Waals surface area contributed by atoms with E-state index in [1.165, 1.54) is 0 Å². The lowest BCUT2D eigenvalue weighted by Gasteiger charge is -2.13. The Labute approximate surface area is 134 Å². The Morgan fingerprint density at radius 1 is 1.19 bits per heavy atom. The van der Waals surface area contributed by atoms with Crippen LogP contribution in [0.15, 0.2) is 36.4 Å². The number of halogens is 1. The van der Waals surface area contributed by atoms with E-state index in [0.29, 0.717) is 22.4 Å². The highest BCUT2D eigenvalue weighted by Crippen LogP contribution is 2.28. The molecule has 2 N–H and O–H groups in total. The van der Waals surface area contributed by atoms with Gasteiger partial charge in [-0.2, -0.15) is 0 Å². The second-order valence-electron chi connectivity index (χ2n) is 4.61. The molecule has 0 saturated heterocycles. The van der Waals surface area contributed by atoms with Crippen LogP contribution in [0.2, 0.25) is 5.02 Å². The average molecular weight is 322 g/mol. The maximum absolute atomic E-state index is 6.12. The fourth-order valence-corrected chi connectivity index (χ4v) is 2.22. The first-order valence-corrected chi connectivity index (χ1v) is 7.15. The van der Waals surface area contributed by atoms with Gasteiger partial charge in [-0.3, -0.25) is 0 Å². The summed E-state index contributed by atoms with van der Waals surface area (Å²) in [5.74, 6) is 1.36. The second-order valence-corrected chi connectivity index (χ2v) is 5.46. The maximum atomic E-state index is 6.12. The Bertz CT molecular complexity index is 673. The molecule has 2 aromatic carbocycles. The molecule has 0 aliphatic heterocycles. The van der Waals surface area contributed by atoms with Gasteiger partial charge in [-0.15, -0.1) is 0 Å². The topological polar surface area (TPSA) is 44.5 Å². The number of benzene rings is 2. The first kappa shape index (κ1) is 15.6. The van der Waals surface area contributed by atoms with Gasteiger partial charge >= 0.3 is 0 Å². The van der Waals surface area contributed by atoms with E-state index in [4.69, 9.17) is 39.0 Å². The smallest absolute Gasteiger partial charge is 0.138 e. The number of methoxy groups -OCH3 is 1. The third-order valence-electron chi connectivity index (χ3n) is 3.03. The zero-order valence-electron chi connectivity index (χ0n) is 11.9. The Morgan fingerprint density at radius 2 is 1.95 bits per heavy atom. The highest BCUT2D eigenvalue weighted by atomic mass is 35.5. The zero-order valence-corrected chi connectivity index (χ0v) is 13.4. The summed E-state index contributed by atoms with van der Waals surface area (Å²) in [5, 5.41) is 0.574. The summed E-state index contributed by atoms with van der Waals surface area (Å²) in [5.41, 5.74) is 8.37. The van der Waals surface area contributed by atoms with Crippen molar-refractivity contribution in [3.63, 3.8) is 0 Å². The Hall–Kier alpha value is -1.78. The molecule has 0 aliphatic rings. The van der Waals surface area contributed by atoms with Crippen molar-refractivity contribution in [1.29, 1.82) is 0 Å². The number of rotatable bonds is 5. The summed E-state index contributed by atoms with van der Waals surface area (Å²) < 4.78 is 11.1. The van der Waals surface area contributed by atoms with E-state index in [9.17, 15) is 0 Å². The molecule has 2 rings (SSSR count). The van der Waals surface area contributed by atoms with Gasteiger partial charge in [0.25, 0.3) is 0 Å². The van der Waals surface area contributed by atoms with Gasteiger partial charge in [-0.05, 0) is 42.8 Å². The Balaban J connectivity index is 2.24. The van der Waals surface area contributed by atoms with Gasteiger partial charge in [0.1, 0.15) is 23.1 Å². The molecule has 0 aromatic heterocycles. The molecule has 0 heterocycles. The molecule has 0 radical (unpaired) electrons. The van der Waals surface area contributed by atoms with Gasteiger partial charge in [0.05, 0.1) is 12.1 Å².